The highest BCUT2D eigenvalue weighted by atomic mass is 35.5. The Labute approximate surface area is 130 Å². The van der Waals surface area contributed by atoms with Crippen molar-refractivity contribution in [3.63, 3.8) is 0 Å². The molecule has 20 heavy (non-hydrogen) atoms. The molecule has 3 nitrogen and oxygen atoms in total. The average molecular weight is 327 g/mol. The molecule has 1 aliphatic rings. The van der Waals surface area contributed by atoms with Gasteiger partial charge in [-0.2, -0.15) is 0 Å². The van der Waals surface area contributed by atoms with Crippen LogP contribution in [0.3, 0.4) is 0 Å². The first-order valence-corrected chi connectivity index (χ1v) is 7.92. The first-order chi connectivity index (χ1) is 9.62. The minimum absolute atomic E-state index is 0.0390. The minimum Gasteiger partial charge on any atom is -0.301 e. The van der Waals surface area contributed by atoms with Gasteiger partial charge in [0.15, 0.2) is 5.13 Å². The highest BCUT2D eigenvalue weighted by Crippen LogP contribution is 2.47. The molecule has 0 saturated heterocycles. The van der Waals surface area contributed by atoms with Crippen LogP contribution in [0.2, 0.25) is 10.0 Å². The second-order valence-electron chi connectivity index (χ2n) is 4.85. The van der Waals surface area contributed by atoms with Crippen LogP contribution in [-0.4, -0.2) is 10.9 Å². The fraction of sp³-hybridized carbons (Fsp3) is 0.286. The monoisotopic (exact) mass is 326 g/mol. The molecule has 1 heterocycles. The Morgan fingerprint density at radius 3 is 2.70 bits per heavy atom. The fourth-order valence-corrected chi connectivity index (χ4v) is 3.64. The maximum atomic E-state index is 12.6. The summed E-state index contributed by atoms with van der Waals surface area (Å²) in [6.07, 6.45) is 4.28. The van der Waals surface area contributed by atoms with Crippen molar-refractivity contribution < 1.29 is 4.79 Å². The third kappa shape index (κ3) is 2.32. The number of thiazole rings is 1. The van der Waals surface area contributed by atoms with Gasteiger partial charge in [-0.3, -0.25) is 4.79 Å². The lowest BCUT2D eigenvalue weighted by molar-refractivity contribution is -0.124. The minimum atomic E-state index is -0.548. The SMILES string of the molecule is O=C(Nc1nccs1)C1(c2ccc(Cl)cc2Cl)CCC1. The Balaban J connectivity index is 1.92. The van der Waals surface area contributed by atoms with E-state index in [1.54, 1.807) is 18.3 Å². The van der Waals surface area contributed by atoms with Gasteiger partial charge in [-0.25, -0.2) is 4.98 Å². The standard InChI is InChI=1S/C14H12Cl2N2OS/c15-9-2-3-10(11(16)8-9)14(4-1-5-14)12(19)18-13-17-6-7-20-13/h2-3,6-8H,1,4-5H2,(H,17,18,19). The number of rotatable bonds is 3. The number of nitrogens with zero attached hydrogens (tertiary/aromatic N) is 1. The second-order valence-corrected chi connectivity index (χ2v) is 6.59. The van der Waals surface area contributed by atoms with Gasteiger partial charge in [0.1, 0.15) is 0 Å². The van der Waals surface area contributed by atoms with E-state index in [0.717, 1.165) is 24.8 Å². The van der Waals surface area contributed by atoms with Crippen LogP contribution < -0.4 is 5.32 Å². The van der Waals surface area contributed by atoms with Crippen LogP contribution in [0.4, 0.5) is 5.13 Å². The van der Waals surface area contributed by atoms with Crippen molar-refractivity contribution in [1.82, 2.24) is 4.98 Å². The zero-order valence-electron chi connectivity index (χ0n) is 10.5. The Morgan fingerprint density at radius 2 is 2.15 bits per heavy atom. The smallest absolute Gasteiger partial charge is 0.236 e. The normalized spacial score (nSPS) is 16.5. The van der Waals surface area contributed by atoms with Crippen molar-refractivity contribution in [2.45, 2.75) is 24.7 Å². The number of benzene rings is 1. The van der Waals surface area contributed by atoms with Crippen molar-refractivity contribution in [1.29, 1.82) is 0 Å². The summed E-state index contributed by atoms with van der Waals surface area (Å²) >= 11 is 13.6. The molecule has 104 valence electrons. The number of amides is 1. The van der Waals surface area contributed by atoms with Gasteiger partial charge in [0, 0.05) is 21.6 Å². The van der Waals surface area contributed by atoms with E-state index in [9.17, 15) is 4.79 Å². The van der Waals surface area contributed by atoms with E-state index < -0.39 is 5.41 Å². The summed E-state index contributed by atoms with van der Waals surface area (Å²) in [5.41, 5.74) is 0.303. The summed E-state index contributed by atoms with van der Waals surface area (Å²) < 4.78 is 0. The number of hydrogen-bond donors (Lipinski definition) is 1. The van der Waals surface area contributed by atoms with Gasteiger partial charge in [0.2, 0.25) is 5.91 Å². The van der Waals surface area contributed by atoms with Gasteiger partial charge < -0.3 is 5.32 Å². The van der Waals surface area contributed by atoms with Crippen LogP contribution in [0.1, 0.15) is 24.8 Å². The molecular weight excluding hydrogens is 315 g/mol. The fourth-order valence-electron chi connectivity index (χ4n) is 2.53. The number of hydrogen-bond acceptors (Lipinski definition) is 3. The molecule has 0 aliphatic heterocycles. The molecule has 1 saturated carbocycles. The lowest BCUT2D eigenvalue weighted by atomic mass is 9.64. The van der Waals surface area contributed by atoms with Crippen molar-refractivity contribution in [2.75, 3.05) is 5.32 Å². The second kappa shape index (κ2) is 5.35. The molecule has 0 unspecified atom stereocenters. The van der Waals surface area contributed by atoms with E-state index in [1.165, 1.54) is 11.3 Å². The van der Waals surface area contributed by atoms with Crippen molar-refractivity contribution in [3.8, 4) is 0 Å². The molecule has 0 radical (unpaired) electrons. The molecule has 0 bridgehead atoms. The Bertz CT molecular complexity index is 639. The summed E-state index contributed by atoms with van der Waals surface area (Å²) in [6.45, 7) is 0. The van der Waals surface area contributed by atoms with Crippen LogP contribution in [0.5, 0.6) is 0 Å². The quantitative estimate of drug-likeness (QED) is 0.901. The number of halogens is 2. The summed E-state index contributed by atoms with van der Waals surface area (Å²) in [4.78, 5) is 16.7. The zero-order chi connectivity index (χ0) is 14.2. The summed E-state index contributed by atoms with van der Waals surface area (Å²) in [5.74, 6) is -0.0390. The van der Waals surface area contributed by atoms with Crippen molar-refractivity contribution >= 4 is 45.6 Å². The van der Waals surface area contributed by atoms with E-state index >= 15 is 0 Å². The van der Waals surface area contributed by atoms with Gasteiger partial charge in [-0.05, 0) is 30.5 Å². The number of nitrogens with one attached hydrogen (secondary N) is 1. The molecule has 6 heteroatoms. The molecule has 1 amide bonds. The molecule has 1 N–H and O–H groups in total. The van der Waals surface area contributed by atoms with Crippen molar-refractivity contribution in [3.05, 3.63) is 45.4 Å². The Kier molecular flexibility index (Phi) is 3.71. The third-order valence-corrected chi connectivity index (χ3v) is 4.98. The van der Waals surface area contributed by atoms with E-state index in [4.69, 9.17) is 23.2 Å². The predicted octanol–water partition coefficient (Wildman–Crippen LogP) is 4.51. The van der Waals surface area contributed by atoms with E-state index in [1.807, 2.05) is 11.4 Å². The van der Waals surface area contributed by atoms with E-state index in [2.05, 4.69) is 10.3 Å². The number of aromatic nitrogens is 1. The van der Waals surface area contributed by atoms with Crippen LogP contribution in [0, 0.1) is 0 Å². The first kappa shape index (κ1) is 13.9. The van der Waals surface area contributed by atoms with E-state index in [0.29, 0.717) is 15.2 Å². The lowest BCUT2D eigenvalue weighted by Gasteiger charge is -2.41. The number of carbonyl (C=O) groups excluding carboxylic acids is 1. The maximum Gasteiger partial charge on any atom is 0.236 e. The highest BCUT2D eigenvalue weighted by molar-refractivity contribution is 7.13. The van der Waals surface area contributed by atoms with Crippen LogP contribution in [-0.2, 0) is 10.2 Å². The van der Waals surface area contributed by atoms with Crippen LogP contribution in [0.15, 0.2) is 29.8 Å². The van der Waals surface area contributed by atoms with E-state index in [-0.39, 0.29) is 5.91 Å². The Morgan fingerprint density at radius 1 is 1.35 bits per heavy atom. The molecule has 2 aromatic rings. The number of anilines is 1. The molecular formula is C14H12Cl2N2OS. The van der Waals surface area contributed by atoms with Gasteiger partial charge >= 0.3 is 0 Å². The molecule has 3 rings (SSSR count). The Hall–Kier alpha value is -1.10. The topological polar surface area (TPSA) is 42.0 Å². The van der Waals surface area contributed by atoms with Crippen LogP contribution in [0.25, 0.3) is 0 Å². The van der Waals surface area contributed by atoms with Gasteiger partial charge in [0.05, 0.1) is 5.41 Å². The maximum absolute atomic E-state index is 12.6. The van der Waals surface area contributed by atoms with Gasteiger partial charge in [0.25, 0.3) is 0 Å². The summed E-state index contributed by atoms with van der Waals surface area (Å²) in [6, 6.07) is 5.32. The molecule has 1 aliphatic carbocycles. The molecule has 1 fully saturated rings. The number of carbonyl (C=O) groups is 1. The van der Waals surface area contributed by atoms with Gasteiger partial charge in [-0.1, -0.05) is 35.7 Å². The largest absolute Gasteiger partial charge is 0.301 e. The van der Waals surface area contributed by atoms with Gasteiger partial charge in [-0.15, -0.1) is 11.3 Å². The lowest BCUT2D eigenvalue weighted by Crippen LogP contribution is -2.46. The zero-order valence-corrected chi connectivity index (χ0v) is 12.9. The summed E-state index contributed by atoms with van der Waals surface area (Å²) in [7, 11) is 0. The highest BCUT2D eigenvalue weighted by Gasteiger charge is 2.47. The predicted molar refractivity (Wildman–Crippen MR) is 82.7 cm³/mol. The molecule has 0 atom stereocenters. The molecule has 1 aromatic carbocycles. The average Bonchev–Trinajstić information content (AvgIpc) is 2.83. The molecule has 1 aromatic heterocycles. The summed E-state index contributed by atoms with van der Waals surface area (Å²) in [5, 5.41) is 6.46. The third-order valence-electron chi connectivity index (χ3n) is 3.74. The van der Waals surface area contributed by atoms with Crippen molar-refractivity contribution in [2.24, 2.45) is 0 Å². The first-order valence-electron chi connectivity index (χ1n) is 6.28. The molecule has 0 spiro atoms. The van der Waals surface area contributed by atoms with Crippen LogP contribution >= 0.6 is 34.5 Å².